The maximum atomic E-state index is 10.7. The molecule has 2 aliphatic heterocycles. The van der Waals surface area contributed by atoms with E-state index in [0.29, 0.717) is 19.8 Å². The van der Waals surface area contributed by atoms with Gasteiger partial charge in [-0.05, 0) is 19.8 Å². The minimum absolute atomic E-state index is 0.0422. The Labute approximate surface area is 122 Å². The lowest BCUT2D eigenvalue weighted by Crippen LogP contribution is -2.22. The molecular weight excluding hydrogens is 284 g/mol. The van der Waals surface area contributed by atoms with E-state index < -0.39 is 12.3 Å². The quantitative estimate of drug-likeness (QED) is 0.464. The first-order valence-corrected chi connectivity index (χ1v) is 6.99. The molecule has 21 heavy (non-hydrogen) atoms. The largest absolute Gasteiger partial charge is 0.508 e. The van der Waals surface area contributed by atoms with Gasteiger partial charge in [0.15, 0.2) is 12.2 Å². The molecule has 0 aromatic carbocycles. The van der Waals surface area contributed by atoms with E-state index in [0.717, 1.165) is 12.8 Å². The molecule has 3 unspecified atom stereocenters. The van der Waals surface area contributed by atoms with Crippen LogP contribution in [0.5, 0.6) is 0 Å². The van der Waals surface area contributed by atoms with Crippen LogP contribution >= 0.6 is 0 Å². The van der Waals surface area contributed by atoms with Crippen LogP contribution in [0.3, 0.4) is 0 Å². The molecule has 0 N–H and O–H groups in total. The van der Waals surface area contributed by atoms with E-state index in [1.165, 1.54) is 0 Å². The Morgan fingerprint density at radius 3 is 2.29 bits per heavy atom. The molecule has 8 nitrogen and oxygen atoms in total. The first-order chi connectivity index (χ1) is 10.1. The van der Waals surface area contributed by atoms with Crippen molar-refractivity contribution in [1.29, 1.82) is 0 Å². The zero-order chi connectivity index (χ0) is 15.1. The van der Waals surface area contributed by atoms with Crippen LogP contribution in [0.4, 0.5) is 9.59 Å². The summed E-state index contributed by atoms with van der Waals surface area (Å²) < 4.78 is 30.0. The molecule has 0 spiro atoms. The molecule has 0 aromatic heterocycles. The normalized spacial score (nSPS) is 26.0. The van der Waals surface area contributed by atoms with E-state index in [2.05, 4.69) is 9.47 Å². The SMILES string of the molecule is CC(CCCOCC1COC(=O)O1)OCC1COC(=O)O1. The molecule has 0 radical (unpaired) electrons. The lowest BCUT2D eigenvalue weighted by molar-refractivity contribution is -0.00297. The first-order valence-electron chi connectivity index (χ1n) is 6.99. The van der Waals surface area contributed by atoms with Crippen molar-refractivity contribution in [3.05, 3.63) is 0 Å². The molecule has 2 aliphatic rings. The Morgan fingerprint density at radius 2 is 1.71 bits per heavy atom. The van der Waals surface area contributed by atoms with E-state index in [9.17, 15) is 9.59 Å². The predicted octanol–water partition coefficient (Wildman–Crippen LogP) is 1.26. The molecule has 3 atom stereocenters. The van der Waals surface area contributed by atoms with Gasteiger partial charge in [0.05, 0.1) is 19.3 Å². The van der Waals surface area contributed by atoms with Gasteiger partial charge in [-0.2, -0.15) is 0 Å². The second-order valence-corrected chi connectivity index (χ2v) is 4.96. The highest BCUT2D eigenvalue weighted by Gasteiger charge is 2.26. The summed E-state index contributed by atoms with van der Waals surface area (Å²) in [6, 6.07) is 0. The van der Waals surface area contributed by atoms with Crippen molar-refractivity contribution in [3.63, 3.8) is 0 Å². The molecular formula is C13H20O8. The molecule has 0 amide bonds. The van der Waals surface area contributed by atoms with Gasteiger partial charge in [0.2, 0.25) is 0 Å². The fourth-order valence-corrected chi connectivity index (χ4v) is 1.94. The highest BCUT2D eigenvalue weighted by Crippen LogP contribution is 2.10. The van der Waals surface area contributed by atoms with Crippen molar-refractivity contribution < 1.29 is 38.0 Å². The third-order valence-corrected chi connectivity index (χ3v) is 3.07. The fourth-order valence-electron chi connectivity index (χ4n) is 1.94. The number of cyclic esters (lactones) is 4. The van der Waals surface area contributed by atoms with Gasteiger partial charge in [-0.15, -0.1) is 0 Å². The maximum Gasteiger partial charge on any atom is 0.508 e. The van der Waals surface area contributed by atoms with Crippen LogP contribution in [0.25, 0.3) is 0 Å². The number of rotatable bonds is 9. The molecule has 2 rings (SSSR count). The van der Waals surface area contributed by atoms with Crippen molar-refractivity contribution in [3.8, 4) is 0 Å². The first kappa shape index (κ1) is 15.8. The van der Waals surface area contributed by atoms with E-state index in [-0.39, 0.29) is 31.5 Å². The van der Waals surface area contributed by atoms with Gasteiger partial charge in [0.1, 0.15) is 13.2 Å². The van der Waals surface area contributed by atoms with Crippen LogP contribution in [-0.4, -0.2) is 63.7 Å². The zero-order valence-electron chi connectivity index (χ0n) is 11.9. The highest BCUT2D eigenvalue weighted by atomic mass is 16.8. The summed E-state index contributed by atoms with van der Waals surface area (Å²) in [5, 5.41) is 0. The van der Waals surface area contributed by atoms with Gasteiger partial charge >= 0.3 is 12.3 Å². The smallest absolute Gasteiger partial charge is 0.430 e. The summed E-state index contributed by atoms with van der Waals surface area (Å²) in [6.07, 6.45) is -0.202. The van der Waals surface area contributed by atoms with E-state index in [1.54, 1.807) is 0 Å². The molecule has 0 aliphatic carbocycles. The number of ether oxygens (including phenoxy) is 6. The summed E-state index contributed by atoms with van der Waals surface area (Å²) in [5.74, 6) is 0. The Bertz CT molecular complexity index is 358. The van der Waals surface area contributed by atoms with E-state index >= 15 is 0 Å². The van der Waals surface area contributed by atoms with Gasteiger partial charge in [-0.3, -0.25) is 0 Å². The second kappa shape index (κ2) is 8.04. The van der Waals surface area contributed by atoms with Gasteiger partial charge in [0, 0.05) is 6.61 Å². The van der Waals surface area contributed by atoms with Crippen LogP contribution < -0.4 is 0 Å². The number of hydrogen-bond acceptors (Lipinski definition) is 8. The standard InChI is InChI=1S/C13H20O8/c1-9(17-6-11-8-19-13(15)21-11)3-2-4-16-5-10-7-18-12(14)20-10/h9-11H,2-8H2,1H3. The average molecular weight is 304 g/mol. The third-order valence-electron chi connectivity index (χ3n) is 3.07. The van der Waals surface area contributed by atoms with E-state index in [4.69, 9.17) is 18.9 Å². The molecule has 2 heterocycles. The Morgan fingerprint density at radius 1 is 1.10 bits per heavy atom. The van der Waals surface area contributed by atoms with Gasteiger partial charge < -0.3 is 28.4 Å². The molecule has 0 aromatic rings. The predicted molar refractivity (Wildman–Crippen MR) is 67.9 cm³/mol. The zero-order valence-corrected chi connectivity index (χ0v) is 11.9. The summed E-state index contributed by atoms with van der Waals surface area (Å²) >= 11 is 0. The Kier molecular flexibility index (Phi) is 6.06. The summed E-state index contributed by atoms with van der Waals surface area (Å²) in [5.41, 5.74) is 0. The van der Waals surface area contributed by atoms with Crippen molar-refractivity contribution in [2.75, 3.05) is 33.0 Å². The second-order valence-electron chi connectivity index (χ2n) is 4.96. The number of hydrogen-bond donors (Lipinski definition) is 0. The fraction of sp³-hybridized carbons (Fsp3) is 0.846. The molecule has 0 saturated carbocycles. The lowest BCUT2D eigenvalue weighted by atomic mass is 10.2. The average Bonchev–Trinajstić information content (AvgIpc) is 3.05. The summed E-state index contributed by atoms with van der Waals surface area (Å²) in [6.45, 7) is 3.68. The minimum atomic E-state index is -0.638. The van der Waals surface area contributed by atoms with Crippen molar-refractivity contribution in [2.45, 2.75) is 38.1 Å². The van der Waals surface area contributed by atoms with Crippen LogP contribution in [0.2, 0.25) is 0 Å². The lowest BCUT2D eigenvalue weighted by Gasteiger charge is -2.15. The van der Waals surface area contributed by atoms with Crippen molar-refractivity contribution in [1.82, 2.24) is 0 Å². The molecule has 120 valence electrons. The van der Waals surface area contributed by atoms with Crippen LogP contribution in [0.1, 0.15) is 19.8 Å². The van der Waals surface area contributed by atoms with E-state index in [1.807, 2.05) is 6.92 Å². The monoisotopic (exact) mass is 304 g/mol. The van der Waals surface area contributed by atoms with Gasteiger partial charge in [-0.25, -0.2) is 9.59 Å². The molecule has 0 bridgehead atoms. The van der Waals surface area contributed by atoms with Crippen LogP contribution in [0.15, 0.2) is 0 Å². The van der Waals surface area contributed by atoms with Crippen molar-refractivity contribution in [2.24, 2.45) is 0 Å². The topological polar surface area (TPSA) is 89.5 Å². The number of carbonyl (C=O) groups excluding carboxylic acids is 2. The van der Waals surface area contributed by atoms with Gasteiger partial charge in [0.25, 0.3) is 0 Å². The molecule has 8 heteroatoms. The Hall–Kier alpha value is -1.54. The van der Waals surface area contributed by atoms with Crippen molar-refractivity contribution >= 4 is 12.3 Å². The third kappa shape index (κ3) is 5.76. The highest BCUT2D eigenvalue weighted by molar-refractivity contribution is 5.62. The molecule has 2 saturated heterocycles. The molecule has 2 fully saturated rings. The summed E-state index contributed by atoms with van der Waals surface area (Å²) in [7, 11) is 0. The van der Waals surface area contributed by atoms with Crippen LogP contribution in [0, 0.1) is 0 Å². The number of carbonyl (C=O) groups is 2. The minimum Gasteiger partial charge on any atom is -0.430 e. The van der Waals surface area contributed by atoms with Crippen LogP contribution in [-0.2, 0) is 28.4 Å². The summed E-state index contributed by atoms with van der Waals surface area (Å²) in [4.78, 5) is 21.4. The van der Waals surface area contributed by atoms with Gasteiger partial charge in [-0.1, -0.05) is 0 Å². The maximum absolute atomic E-state index is 10.7. The Balaban J connectivity index is 1.43.